The number of halogens is 1. The van der Waals surface area contributed by atoms with E-state index in [4.69, 9.17) is 9.47 Å². The van der Waals surface area contributed by atoms with Crippen LogP contribution in [0.15, 0.2) is 46.1 Å². The lowest BCUT2D eigenvalue weighted by Crippen LogP contribution is -2.61. The monoisotopic (exact) mass is 506 g/mol. The number of nitrogens with zero attached hydrogens (tertiary/aromatic N) is 2. The average Bonchev–Trinajstić information content (AvgIpc) is 2.78. The fraction of sp³-hybridized carbons (Fsp3) is 0.500. The van der Waals surface area contributed by atoms with Gasteiger partial charge in [-0.2, -0.15) is 9.45 Å². The highest BCUT2D eigenvalue weighted by molar-refractivity contribution is 5.81. The third-order valence-electron chi connectivity index (χ3n) is 6.05. The van der Waals surface area contributed by atoms with Crippen LogP contribution in [0.5, 0.6) is 0 Å². The van der Waals surface area contributed by atoms with E-state index in [0.717, 1.165) is 5.56 Å². The first-order valence-corrected chi connectivity index (χ1v) is 11.4. The zero-order valence-electron chi connectivity index (χ0n) is 20.6. The summed E-state index contributed by atoms with van der Waals surface area (Å²) in [6.45, 7) is 6.65. The number of alkyl carbamates (subject to hydrolysis) is 1. The lowest BCUT2D eigenvalue weighted by molar-refractivity contribution is -0.256. The Kier molecular flexibility index (Phi) is 7.99. The van der Waals surface area contributed by atoms with E-state index in [-0.39, 0.29) is 6.42 Å². The van der Waals surface area contributed by atoms with Gasteiger partial charge in [0.05, 0.1) is 6.20 Å². The quantitative estimate of drug-likeness (QED) is 0.484. The zero-order valence-corrected chi connectivity index (χ0v) is 20.6. The van der Waals surface area contributed by atoms with E-state index in [1.54, 1.807) is 35.3 Å². The number of aromatic nitrogens is 2. The number of carbonyl (C=O) groups excluding carboxylic acids is 2. The molecule has 0 radical (unpaired) electrons. The molecular formula is C24H31FN4O7. The summed E-state index contributed by atoms with van der Waals surface area (Å²) < 4.78 is 24.9. The van der Waals surface area contributed by atoms with E-state index in [9.17, 15) is 28.8 Å². The van der Waals surface area contributed by atoms with Gasteiger partial charge in [0.25, 0.3) is 5.56 Å². The number of amides is 1. The van der Waals surface area contributed by atoms with E-state index < -0.39 is 59.1 Å². The number of nitrogens with one attached hydrogen (secondary N) is 2. The van der Waals surface area contributed by atoms with E-state index in [1.807, 2.05) is 27.7 Å². The van der Waals surface area contributed by atoms with Crippen molar-refractivity contribution in [2.24, 2.45) is 0 Å². The molecule has 0 saturated carbocycles. The zero-order chi connectivity index (χ0) is 26.7. The summed E-state index contributed by atoms with van der Waals surface area (Å²) in [4.78, 5) is 50.4. The van der Waals surface area contributed by atoms with Crippen LogP contribution in [0.4, 0.5) is 9.18 Å². The molecule has 2 heterocycles. The molecule has 1 fully saturated rings. The van der Waals surface area contributed by atoms with Gasteiger partial charge in [-0.05, 0) is 33.3 Å². The van der Waals surface area contributed by atoms with Crippen molar-refractivity contribution in [3.8, 4) is 0 Å². The van der Waals surface area contributed by atoms with Crippen molar-refractivity contribution in [3.63, 3.8) is 0 Å². The number of ether oxygens (including phenoxy) is 2. The molecule has 36 heavy (non-hydrogen) atoms. The predicted octanol–water partition coefficient (Wildman–Crippen LogP) is 1.92. The Morgan fingerprint density at radius 2 is 1.78 bits per heavy atom. The maximum Gasteiger partial charge on any atom is 0.408 e. The van der Waals surface area contributed by atoms with Crippen LogP contribution in [0.3, 0.4) is 0 Å². The van der Waals surface area contributed by atoms with Crippen LogP contribution in [0.2, 0.25) is 0 Å². The van der Waals surface area contributed by atoms with E-state index >= 15 is 0 Å². The number of benzene rings is 1. The Labute approximate surface area is 206 Å². The fourth-order valence-electron chi connectivity index (χ4n) is 4.45. The van der Waals surface area contributed by atoms with Crippen LogP contribution in [-0.4, -0.2) is 55.1 Å². The number of piperidine rings is 1. The molecule has 3 rings (SSSR count). The van der Waals surface area contributed by atoms with Crippen molar-refractivity contribution >= 4 is 12.1 Å². The van der Waals surface area contributed by atoms with Crippen molar-refractivity contribution < 1.29 is 28.7 Å². The maximum atomic E-state index is 13.5. The normalized spacial score (nSPS) is 18.3. The lowest BCUT2D eigenvalue weighted by atomic mass is 9.80. The summed E-state index contributed by atoms with van der Waals surface area (Å²) in [6, 6.07) is 7.68. The minimum Gasteiger partial charge on any atom is -0.446 e. The summed E-state index contributed by atoms with van der Waals surface area (Å²) in [7, 11) is 0. The van der Waals surface area contributed by atoms with Crippen LogP contribution >= 0.6 is 0 Å². The van der Waals surface area contributed by atoms with Crippen LogP contribution in [-0.2, 0) is 27.4 Å². The minimum absolute atomic E-state index is 0.0652. The Morgan fingerprint density at radius 1 is 1.17 bits per heavy atom. The predicted molar refractivity (Wildman–Crippen MR) is 126 cm³/mol. The van der Waals surface area contributed by atoms with E-state index in [0.29, 0.717) is 23.6 Å². The Hall–Kier alpha value is -3.51. The number of hydrogen-bond donors (Lipinski definition) is 3. The molecule has 1 aliphatic rings. The third-order valence-corrected chi connectivity index (χ3v) is 6.05. The van der Waals surface area contributed by atoms with Gasteiger partial charge in [0.15, 0.2) is 6.73 Å². The molecular weight excluding hydrogens is 475 g/mol. The second-order valence-corrected chi connectivity index (χ2v) is 10.1. The van der Waals surface area contributed by atoms with Crippen molar-refractivity contribution in [2.75, 3.05) is 0 Å². The van der Waals surface area contributed by atoms with Gasteiger partial charge in [-0.1, -0.05) is 30.3 Å². The van der Waals surface area contributed by atoms with Gasteiger partial charge in [0.1, 0.15) is 12.1 Å². The first kappa shape index (κ1) is 27.1. The second kappa shape index (κ2) is 10.6. The molecule has 1 amide bonds. The number of aromatic amines is 1. The standard InChI is InChI=1S/C24H31FN4O7/c1-23(2)11-16(12-24(3,4)29(23)34)36-22(33)26-18(10-15-8-6-5-7-9-15)20(31)35-14-28-13-17(25)19(30)27-21(28)32/h5-9,13,16,18,34H,10-12,14H2,1-4H3,(H,26,33)(H,27,30,32)/t18-/m0/s1. The second-order valence-electron chi connectivity index (χ2n) is 10.1. The molecule has 196 valence electrons. The van der Waals surface area contributed by atoms with E-state index in [2.05, 4.69) is 5.32 Å². The maximum absolute atomic E-state index is 13.5. The Bertz CT molecular complexity index is 1190. The van der Waals surface area contributed by atoms with Gasteiger partial charge in [-0.3, -0.25) is 14.3 Å². The number of carbonyl (C=O) groups is 2. The molecule has 1 aromatic carbocycles. The number of esters is 1. The van der Waals surface area contributed by atoms with Gasteiger partial charge in [0.2, 0.25) is 5.82 Å². The molecule has 1 atom stereocenters. The summed E-state index contributed by atoms with van der Waals surface area (Å²) in [5.74, 6) is -2.10. The molecule has 0 aliphatic carbocycles. The van der Waals surface area contributed by atoms with Crippen molar-refractivity contribution in [1.82, 2.24) is 19.9 Å². The summed E-state index contributed by atoms with van der Waals surface area (Å²) in [5, 5.41) is 14.2. The highest BCUT2D eigenvalue weighted by Gasteiger charge is 2.46. The number of hydroxylamine groups is 2. The van der Waals surface area contributed by atoms with Crippen LogP contribution < -0.4 is 16.6 Å². The highest BCUT2D eigenvalue weighted by atomic mass is 19.1. The van der Waals surface area contributed by atoms with Crippen molar-refractivity contribution in [1.29, 1.82) is 0 Å². The molecule has 0 unspecified atom stereocenters. The first-order valence-electron chi connectivity index (χ1n) is 11.4. The largest absolute Gasteiger partial charge is 0.446 e. The summed E-state index contributed by atoms with van der Waals surface area (Å²) >= 11 is 0. The van der Waals surface area contributed by atoms with Crippen LogP contribution in [0, 0.1) is 5.82 Å². The highest BCUT2D eigenvalue weighted by Crippen LogP contribution is 2.37. The van der Waals surface area contributed by atoms with Gasteiger partial charge in [-0.25, -0.2) is 14.4 Å². The number of rotatable bonds is 7. The lowest BCUT2D eigenvalue weighted by Gasteiger charge is -2.50. The molecule has 0 spiro atoms. The van der Waals surface area contributed by atoms with Crippen molar-refractivity contribution in [3.05, 3.63) is 68.7 Å². The number of hydrogen-bond acceptors (Lipinski definition) is 8. The smallest absolute Gasteiger partial charge is 0.408 e. The molecule has 1 aromatic heterocycles. The molecule has 12 heteroatoms. The van der Waals surface area contributed by atoms with Crippen LogP contribution in [0.1, 0.15) is 46.1 Å². The van der Waals surface area contributed by atoms with Gasteiger partial charge >= 0.3 is 17.8 Å². The Balaban J connectivity index is 1.71. The fourth-order valence-corrected chi connectivity index (χ4v) is 4.45. The van der Waals surface area contributed by atoms with Crippen LogP contribution in [0.25, 0.3) is 0 Å². The van der Waals surface area contributed by atoms with Gasteiger partial charge in [-0.15, -0.1) is 0 Å². The molecule has 11 nitrogen and oxygen atoms in total. The van der Waals surface area contributed by atoms with Gasteiger partial charge in [0, 0.05) is 30.3 Å². The van der Waals surface area contributed by atoms with Gasteiger partial charge < -0.3 is 20.0 Å². The average molecular weight is 507 g/mol. The SMILES string of the molecule is CC1(C)CC(OC(=O)N[C@@H](Cc2ccccc2)C(=O)OCn2cc(F)c(=O)[nH]c2=O)CC(C)(C)N1O. The molecule has 2 aromatic rings. The Morgan fingerprint density at radius 3 is 2.39 bits per heavy atom. The minimum atomic E-state index is -1.21. The van der Waals surface area contributed by atoms with Crippen molar-refractivity contribution in [2.45, 2.75) is 76.9 Å². The molecule has 3 N–H and O–H groups in total. The molecule has 0 bridgehead atoms. The van der Waals surface area contributed by atoms with E-state index in [1.165, 1.54) is 5.06 Å². The molecule has 1 aliphatic heterocycles. The number of H-pyrrole nitrogens is 1. The molecule has 1 saturated heterocycles. The summed E-state index contributed by atoms with van der Waals surface area (Å²) in [6.07, 6.45) is 0.0660. The third kappa shape index (κ3) is 6.58. The summed E-state index contributed by atoms with van der Waals surface area (Å²) in [5.41, 5.74) is -2.71. The first-order chi connectivity index (χ1) is 16.8. The topological polar surface area (TPSA) is 143 Å².